The highest BCUT2D eigenvalue weighted by molar-refractivity contribution is 5.76. The van der Waals surface area contributed by atoms with E-state index in [0.29, 0.717) is 25.4 Å². The molecule has 1 aliphatic rings. The number of nitrogens with one attached hydrogen (secondary N) is 2. The third-order valence-corrected chi connectivity index (χ3v) is 3.51. The first-order valence-electron chi connectivity index (χ1n) is 8.23. The Bertz CT molecular complexity index is 515. The Labute approximate surface area is 137 Å². The van der Waals surface area contributed by atoms with Crippen LogP contribution in [-0.2, 0) is 9.53 Å². The number of aromatic nitrogens is 2. The molecule has 2 N–H and O–H groups in total. The van der Waals surface area contributed by atoms with E-state index >= 15 is 0 Å². The molecule has 1 amide bonds. The fourth-order valence-electron chi connectivity index (χ4n) is 2.43. The van der Waals surface area contributed by atoms with Gasteiger partial charge in [-0.05, 0) is 12.8 Å². The highest BCUT2D eigenvalue weighted by Gasteiger charge is 2.14. The van der Waals surface area contributed by atoms with E-state index in [1.165, 1.54) is 0 Å². The van der Waals surface area contributed by atoms with E-state index in [0.717, 1.165) is 43.8 Å². The third-order valence-electron chi connectivity index (χ3n) is 3.51. The van der Waals surface area contributed by atoms with Crippen LogP contribution in [0.3, 0.4) is 0 Å². The standard InChI is InChI=1S/C16H27N5O2/c1-12(2)10-16(22)18-5-4-17-14-11-15(20-13(3)19-14)21-6-8-23-9-7-21/h11-12H,4-10H2,1-3H3,(H,18,22)(H,17,19,20). The SMILES string of the molecule is Cc1nc(NCCNC(=O)CC(C)C)cc(N2CCOCC2)n1. The van der Waals surface area contributed by atoms with Crippen LogP contribution in [0.1, 0.15) is 26.1 Å². The molecule has 1 saturated heterocycles. The number of carbonyl (C=O) groups excluding carboxylic acids is 1. The minimum absolute atomic E-state index is 0.0923. The first kappa shape index (κ1) is 17.5. The van der Waals surface area contributed by atoms with E-state index in [9.17, 15) is 4.79 Å². The largest absolute Gasteiger partial charge is 0.378 e. The number of carbonyl (C=O) groups is 1. The molecule has 0 atom stereocenters. The van der Waals surface area contributed by atoms with Crippen molar-refractivity contribution in [2.24, 2.45) is 5.92 Å². The highest BCUT2D eigenvalue weighted by Crippen LogP contribution is 2.16. The Morgan fingerprint density at radius 2 is 2.04 bits per heavy atom. The maximum absolute atomic E-state index is 11.6. The quantitative estimate of drug-likeness (QED) is 0.735. The number of hydrogen-bond donors (Lipinski definition) is 2. The van der Waals surface area contributed by atoms with Gasteiger partial charge in [-0.2, -0.15) is 0 Å². The summed E-state index contributed by atoms with van der Waals surface area (Å²) < 4.78 is 5.37. The van der Waals surface area contributed by atoms with Gasteiger partial charge in [0.25, 0.3) is 0 Å². The Kier molecular flexibility index (Phi) is 6.58. The molecule has 128 valence electrons. The molecule has 0 aliphatic carbocycles. The van der Waals surface area contributed by atoms with Gasteiger partial charge >= 0.3 is 0 Å². The maximum Gasteiger partial charge on any atom is 0.220 e. The van der Waals surface area contributed by atoms with Gasteiger partial charge in [0.2, 0.25) is 5.91 Å². The van der Waals surface area contributed by atoms with Gasteiger partial charge in [0, 0.05) is 38.7 Å². The van der Waals surface area contributed by atoms with Crippen LogP contribution in [0.25, 0.3) is 0 Å². The van der Waals surface area contributed by atoms with Crippen molar-refractivity contribution >= 4 is 17.5 Å². The summed E-state index contributed by atoms with van der Waals surface area (Å²) in [5, 5.41) is 6.15. The summed E-state index contributed by atoms with van der Waals surface area (Å²) in [4.78, 5) is 22.7. The zero-order valence-electron chi connectivity index (χ0n) is 14.3. The van der Waals surface area contributed by atoms with Crippen LogP contribution in [-0.4, -0.2) is 55.3 Å². The zero-order chi connectivity index (χ0) is 16.7. The van der Waals surface area contributed by atoms with Gasteiger partial charge in [0.05, 0.1) is 13.2 Å². The number of morpholine rings is 1. The molecule has 2 rings (SSSR count). The van der Waals surface area contributed by atoms with E-state index in [2.05, 4.69) is 25.5 Å². The summed E-state index contributed by atoms with van der Waals surface area (Å²) in [5.41, 5.74) is 0. The molecule has 1 aliphatic heterocycles. The lowest BCUT2D eigenvalue weighted by Gasteiger charge is -2.28. The fraction of sp³-hybridized carbons (Fsp3) is 0.688. The van der Waals surface area contributed by atoms with E-state index < -0.39 is 0 Å². The number of amides is 1. The number of nitrogens with zero attached hydrogens (tertiary/aromatic N) is 3. The predicted molar refractivity (Wildman–Crippen MR) is 90.8 cm³/mol. The molecule has 1 fully saturated rings. The zero-order valence-corrected chi connectivity index (χ0v) is 14.3. The molecule has 2 heterocycles. The van der Waals surface area contributed by atoms with Crippen molar-refractivity contribution in [2.75, 3.05) is 49.6 Å². The lowest BCUT2D eigenvalue weighted by molar-refractivity contribution is -0.121. The Morgan fingerprint density at radius 1 is 1.30 bits per heavy atom. The number of aryl methyl sites for hydroxylation is 1. The molecule has 0 unspecified atom stereocenters. The van der Waals surface area contributed by atoms with Gasteiger partial charge < -0.3 is 20.3 Å². The molecule has 7 nitrogen and oxygen atoms in total. The van der Waals surface area contributed by atoms with E-state index in [1.54, 1.807) is 0 Å². The average Bonchev–Trinajstić information content (AvgIpc) is 2.51. The van der Waals surface area contributed by atoms with Crippen molar-refractivity contribution in [3.8, 4) is 0 Å². The van der Waals surface area contributed by atoms with Gasteiger partial charge in [0.15, 0.2) is 0 Å². The van der Waals surface area contributed by atoms with Crippen LogP contribution in [0.15, 0.2) is 6.07 Å². The van der Waals surface area contributed by atoms with Crippen LogP contribution >= 0.6 is 0 Å². The fourth-order valence-corrected chi connectivity index (χ4v) is 2.43. The lowest BCUT2D eigenvalue weighted by Crippen LogP contribution is -2.37. The second kappa shape index (κ2) is 8.67. The monoisotopic (exact) mass is 321 g/mol. The van der Waals surface area contributed by atoms with E-state index in [-0.39, 0.29) is 5.91 Å². The Balaban J connectivity index is 1.83. The minimum atomic E-state index is 0.0923. The Hall–Kier alpha value is -1.89. The molecular formula is C16H27N5O2. The van der Waals surface area contributed by atoms with Crippen LogP contribution in [0, 0.1) is 12.8 Å². The summed E-state index contributed by atoms with van der Waals surface area (Å²) in [7, 11) is 0. The Morgan fingerprint density at radius 3 is 2.74 bits per heavy atom. The average molecular weight is 321 g/mol. The normalized spacial score (nSPS) is 14.9. The van der Waals surface area contributed by atoms with Crippen molar-refractivity contribution in [2.45, 2.75) is 27.2 Å². The minimum Gasteiger partial charge on any atom is -0.378 e. The van der Waals surface area contributed by atoms with Crippen LogP contribution < -0.4 is 15.5 Å². The van der Waals surface area contributed by atoms with Crippen molar-refractivity contribution < 1.29 is 9.53 Å². The van der Waals surface area contributed by atoms with Crippen molar-refractivity contribution in [1.29, 1.82) is 0 Å². The van der Waals surface area contributed by atoms with Gasteiger partial charge in [-0.1, -0.05) is 13.8 Å². The van der Waals surface area contributed by atoms with Crippen LogP contribution in [0.2, 0.25) is 0 Å². The molecule has 23 heavy (non-hydrogen) atoms. The van der Waals surface area contributed by atoms with Gasteiger partial charge in [-0.3, -0.25) is 4.79 Å². The second-order valence-corrected chi connectivity index (χ2v) is 6.13. The first-order chi connectivity index (χ1) is 11.0. The topological polar surface area (TPSA) is 79.4 Å². The summed E-state index contributed by atoms with van der Waals surface area (Å²) >= 11 is 0. The third kappa shape index (κ3) is 6.02. The number of ether oxygens (including phenoxy) is 1. The van der Waals surface area contributed by atoms with Crippen LogP contribution in [0.4, 0.5) is 11.6 Å². The number of rotatable bonds is 7. The van der Waals surface area contributed by atoms with Crippen molar-refractivity contribution in [1.82, 2.24) is 15.3 Å². The molecular weight excluding hydrogens is 294 g/mol. The molecule has 0 spiro atoms. The molecule has 1 aromatic rings. The molecule has 0 aromatic carbocycles. The van der Waals surface area contributed by atoms with Gasteiger partial charge in [0.1, 0.15) is 17.5 Å². The highest BCUT2D eigenvalue weighted by atomic mass is 16.5. The van der Waals surface area contributed by atoms with Crippen molar-refractivity contribution in [3.63, 3.8) is 0 Å². The summed E-state index contributed by atoms with van der Waals surface area (Å²) in [6, 6.07) is 1.95. The molecule has 0 radical (unpaired) electrons. The lowest BCUT2D eigenvalue weighted by atomic mass is 10.1. The summed E-state index contributed by atoms with van der Waals surface area (Å²) in [6.45, 7) is 10.3. The molecule has 7 heteroatoms. The van der Waals surface area contributed by atoms with E-state index in [4.69, 9.17) is 4.74 Å². The smallest absolute Gasteiger partial charge is 0.220 e. The summed E-state index contributed by atoms with van der Waals surface area (Å²) in [5.74, 6) is 2.92. The van der Waals surface area contributed by atoms with Crippen molar-refractivity contribution in [3.05, 3.63) is 11.9 Å². The van der Waals surface area contributed by atoms with Gasteiger partial charge in [-0.15, -0.1) is 0 Å². The second-order valence-electron chi connectivity index (χ2n) is 6.13. The summed E-state index contributed by atoms with van der Waals surface area (Å²) in [6.07, 6.45) is 0.563. The predicted octanol–water partition coefficient (Wildman–Crippen LogP) is 1.20. The number of hydrogen-bond acceptors (Lipinski definition) is 6. The van der Waals surface area contributed by atoms with Gasteiger partial charge in [-0.25, -0.2) is 9.97 Å². The number of anilines is 2. The molecule has 1 aromatic heterocycles. The van der Waals surface area contributed by atoms with Crippen LogP contribution in [0.5, 0.6) is 0 Å². The molecule has 0 saturated carbocycles. The molecule has 0 bridgehead atoms. The van der Waals surface area contributed by atoms with E-state index in [1.807, 2.05) is 26.8 Å². The maximum atomic E-state index is 11.6. The first-order valence-corrected chi connectivity index (χ1v) is 8.23.